The maximum Gasteiger partial charge on any atom is 0.0414 e. The van der Waals surface area contributed by atoms with Crippen LogP contribution in [0.25, 0.3) is 110 Å². The molecule has 4 nitrogen and oxygen atoms in total. The highest BCUT2D eigenvalue weighted by atomic mass is 15.1. The van der Waals surface area contributed by atoms with Gasteiger partial charge in [-0.25, -0.2) is 0 Å². The van der Waals surface area contributed by atoms with Gasteiger partial charge < -0.3 is 19.6 Å². The van der Waals surface area contributed by atoms with Crippen LogP contribution in [0.5, 0.6) is 0 Å². The highest BCUT2D eigenvalue weighted by Crippen LogP contribution is 2.54. The zero-order chi connectivity index (χ0) is 81.5. The largest absolute Gasteiger partial charge is 0.345 e. The summed E-state index contributed by atoms with van der Waals surface area (Å²) in [5, 5.41) is 7.71. The fourth-order valence-corrected chi connectivity index (χ4v) is 18.2. The number of hydrogen-bond acceptors (Lipinski definition) is 4. The molecule has 3 aliphatic carbocycles. The van der Waals surface area contributed by atoms with Crippen molar-refractivity contribution in [3.8, 4) is 77.9 Å². The minimum Gasteiger partial charge on any atom is -0.345 e. The second-order valence-electron chi connectivity index (χ2n) is 33.5. The molecule has 578 valence electrons. The monoisotopic (exact) mass is 1530 g/mol. The molecule has 0 fully saturated rings. The first-order valence-corrected chi connectivity index (χ1v) is 41.6. The molecule has 0 saturated carbocycles. The van der Waals surface area contributed by atoms with Crippen LogP contribution < -0.4 is 19.6 Å². The van der Waals surface area contributed by atoms with Crippen molar-refractivity contribution < 1.29 is 0 Å². The Bertz CT molecular complexity index is 6720. The predicted octanol–water partition coefficient (Wildman–Crippen LogP) is 30.9. The quantitative estimate of drug-likeness (QED) is 0.121. The Morgan fingerprint density at radius 3 is 0.697 bits per heavy atom. The molecule has 0 spiro atoms. The Morgan fingerprint density at radius 1 is 0.143 bits per heavy atom. The first-order chi connectivity index (χ1) is 57.9. The molecular formula is C115H98N4. The van der Waals surface area contributed by atoms with Gasteiger partial charge in [-0.3, -0.25) is 0 Å². The van der Waals surface area contributed by atoms with E-state index in [4.69, 9.17) is 0 Å². The minimum absolute atomic E-state index is 0.0124. The smallest absolute Gasteiger partial charge is 0.0414 e. The molecule has 0 unspecified atom stereocenters. The van der Waals surface area contributed by atoms with Gasteiger partial charge in [-0.1, -0.05) is 345 Å². The number of nitrogens with zero attached hydrogens (tertiary/aromatic N) is 4. The van der Waals surface area contributed by atoms with Crippen molar-refractivity contribution in [2.45, 2.75) is 57.8 Å². The van der Waals surface area contributed by atoms with Crippen LogP contribution >= 0.6 is 0 Å². The van der Waals surface area contributed by atoms with Crippen LogP contribution in [-0.2, 0) is 16.2 Å². The van der Waals surface area contributed by atoms with Gasteiger partial charge in [0.05, 0.1) is 0 Å². The fraction of sp³-hybridized carbons (Fsp3) is 0.113. The fourth-order valence-electron chi connectivity index (χ4n) is 18.2. The summed E-state index contributed by atoms with van der Waals surface area (Å²) in [6.07, 6.45) is 0. The van der Waals surface area contributed by atoms with E-state index in [9.17, 15) is 0 Å². The summed E-state index contributed by atoms with van der Waals surface area (Å²) in [7, 11) is 8.58. The van der Waals surface area contributed by atoms with E-state index < -0.39 is 0 Å². The highest BCUT2D eigenvalue weighted by molar-refractivity contribution is 5.95. The van der Waals surface area contributed by atoms with Gasteiger partial charge in [-0.05, 0) is 253 Å². The molecule has 119 heavy (non-hydrogen) atoms. The van der Waals surface area contributed by atoms with Crippen molar-refractivity contribution in [1.82, 2.24) is 0 Å². The summed E-state index contributed by atoms with van der Waals surface area (Å²) in [4.78, 5) is 9.07. The van der Waals surface area contributed by atoms with E-state index in [1.165, 1.54) is 189 Å². The molecule has 0 heterocycles. The summed E-state index contributed by atoms with van der Waals surface area (Å²) >= 11 is 0. The van der Waals surface area contributed by atoms with Gasteiger partial charge in [0.25, 0.3) is 0 Å². The Labute approximate surface area is 702 Å². The van der Waals surface area contributed by atoms with Gasteiger partial charge in [-0.15, -0.1) is 0 Å². The van der Waals surface area contributed by atoms with Gasteiger partial charge >= 0.3 is 0 Å². The van der Waals surface area contributed by atoms with E-state index in [2.05, 4.69) is 496 Å². The molecule has 0 N–H and O–H groups in total. The lowest BCUT2D eigenvalue weighted by Crippen LogP contribution is -2.16. The average molecular weight is 1540 g/mol. The van der Waals surface area contributed by atoms with Crippen molar-refractivity contribution in [3.63, 3.8) is 0 Å². The van der Waals surface area contributed by atoms with Gasteiger partial charge in [0.1, 0.15) is 0 Å². The van der Waals surface area contributed by atoms with Crippen LogP contribution in [0.3, 0.4) is 0 Å². The summed E-state index contributed by atoms with van der Waals surface area (Å²) in [6.45, 7) is 14.0. The lowest BCUT2D eigenvalue weighted by Gasteiger charge is -2.25. The van der Waals surface area contributed by atoms with Gasteiger partial charge in [-0.2, -0.15) is 0 Å². The number of anilines is 8. The maximum absolute atomic E-state index is 2.39. The van der Waals surface area contributed by atoms with Crippen LogP contribution in [-0.4, -0.2) is 28.2 Å². The van der Waals surface area contributed by atoms with Crippen molar-refractivity contribution in [2.24, 2.45) is 0 Å². The van der Waals surface area contributed by atoms with E-state index in [1.807, 2.05) is 6.07 Å². The molecule has 4 heteroatoms. The van der Waals surface area contributed by atoms with Crippen LogP contribution in [0, 0.1) is 0 Å². The molecule has 18 aromatic rings. The first kappa shape index (κ1) is 76.2. The van der Waals surface area contributed by atoms with Crippen LogP contribution in [0.1, 0.15) is 74.9 Å². The molecule has 18 aromatic carbocycles. The molecule has 21 rings (SSSR count). The van der Waals surface area contributed by atoms with Crippen LogP contribution in [0.15, 0.2) is 413 Å². The summed E-state index contributed by atoms with van der Waals surface area (Å²) in [5.41, 5.74) is 36.2. The lowest BCUT2D eigenvalue weighted by atomic mass is 9.81. The maximum atomic E-state index is 2.39. The normalized spacial score (nSPS) is 13.0. The molecule has 0 saturated heterocycles. The minimum atomic E-state index is -0.0251. The zero-order valence-corrected chi connectivity index (χ0v) is 69.5. The highest BCUT2D eigenvalue weighted by Gasteiger charge is 2.39. The molecule has 0 bridgehead atoms. The average Bonchev–Trinajstić information content (AvgIpc) is 1.58. The van der Waals surface area contributed by atoms with Crippen LogP contribution in [0.2, 0.25) is 0 Å². The first-order valence-electron chi connectivity index (χ1n) is 41.6. The lowest BCUT2D eigenvalue weighted by molar-refractivity contribution is 0.660. The Hall–Kier alpha value is -14.1. The van der Waals surface area contributed by atoms with E-state index in [-0.39, 0.29) is 16.2 Å². The second kappa shape index (κ2) is 31.9. The zero-order valence-electron chi connectivity index (χ0n) is 69.5. The van der Waals surface area contributed by atoms with Crippen molar-refractivity contribution in [2.75, 3.05) is 47.8 Å². The molecule has 0 aromatic heterocycles. The summed E-state index contributed by atoms with van der Waals surface area (Å²) in [5.74, 6) is 0. The standard InChI is InChI=1S/C34H29N.C32H27N.C26H23N.C23H19N/c1-34(2)32-12-8-7-11-30(32)31-22-21-29(23-33(31)34)35(3)28-19-17-27(18-20-28)26-15-13-25(14-16-26)24-9-5-4-6-10-24;1-32(2)30-20-25-12-8-7-11-24(25)19-29(30)28-18-17-27(21-31(28)32)33(3)26-15-13-23(14-16-26)22-9-5-4-6-10-22;1-26(2)24-11-7-6-10-22(24)23-15-14-21(17-25(23)26)27(3)20-13-12-18-8-4-5-9-19(18)16-20;1-24(23-16-13-19-9-5-6-10-21(19)17-23)22-14-11-20(12-15-22)18-7-3-2-4-8-18/h4-23H,1-3H3;4-21H,1-3H3;4-17H,1-3H3;2-17H,1H3. The number of fused-ring (bicyclic) bond motifs is 12. The van der Waals surface area contributed by atoms with E-state index in [0.29, 0.717) is 0 Å². The van der Waals surface area contributed by atoms with Crippen molar-refractivity contribution >= 4 is 77.8 Å². The topological polar surface area (TPSA) is 13.0 Å². The molecule has 0 amide bonds. The van der Waals surface area contributed by atoms with E-state index >= 15 is 0 Å². The van der Waals surface area contributed by atoms with Gasteiger partial charge in [0.15, 0.2) is 0 Å². The molecule has 0 radical (unpaired) electrons. The van der Waals surface area contributed by atoms with Crippen molar-refractivity contribution in [1.29, 1.82) is 0 Å². The van der Waals surface area contributed by atoms with Crippen molar-refractivity contribution in [3.05, 3.63) is 446 Å². The third-order valence-electron chi connectivity index (χ3n) is 25.4. The van der Waals surface area contributed by atoms with Crippen LogP contribution in [0.4, 0.5) is 45.5 Å². The van der Waals surface area contributed by atoms with E-state index in [0.717, 1.165) is 0 Å². The second-order valence-corrected chi connectivity index (χ2v) is 33.5. The third-order valence-corrected chi connectivity index (χ3v) is 25.4. The summed E-state index contributed by atoms with van der Waals surface area (Å²) < 4.78 is 0. The Kier molecular flexibility index (Phi) is 20.4. The Balaban J connectivity index is 0.000000110. The molecule has 0 atom stereocenters. The number of benzene rings is 18. The number of hydrogen-bond donors (Lipinski definition) is 0. The van der Waals surface area contributed by atoms with Gasteiger partial charge in [0, 0.05) is 89.9 Å². The summed E-state index contributed by atoms with van der Waals surface area (Å²) in [6, 6.07) is 149. The Morgan fingerprint density at radius 2 is 0.353 bits per heavy atom. The van der Waals surface area contributed by atoms with Gasteiger partial charge in [0.2, 0.25) is 0 Å². The predicted molar refractivity (Wildman–Crippen MR) is 511 cm³/mol. The molecule has 3 aliphatic rings. The van der Waals surface area contributed by atoms with E-state index in [1.54, 1.807) is 0 Å². The molecule has 0 aliphatic heterocycles. The SMILES string of the molecule is CN(c1ccc(-c2ccc(-c3ccccc3)cc2)cc1)c1ccc2c(c1)C(C)(C)c1ccccc1-2.CN(c1ccc(-c2ccccc2)cc1)c1ccc2c(c1)C(C)(C)c1cc3ccccc3cc1-2.CN(c1ccc(-c2ccccc2)cc1)c1ccc2ccccc2c1.CN(c1ccc2c(c1)C(C)(C)c1ccccc1-2)c1ccc2ccccc2c1. The number of rotatable bonds is 12. The molecular weight excluding hydrogens is 1440 g/mol. The third kappa shape index (κ3) is 14.8.